The molecule has 0 radical (unpaired) electrons. The number of Topliss-reactive ketones (excluding diaryl/α,β-unsaturated/α-hetero) is 1. The van der Waals surface area contributed by atoms with Gasteiger partial charge in [0.05, 0.1) is 10.4 Å². The summed E-state index contributed by atoms with van der Waals surface area (Å²) in [6.07, 6.45) is 2.42. The summed E-state index contributed by atoms with van der Waals surface area (Å²) < 4.78 is 0. The van der Waals surface area contributed by atoms with Crippen LogP contribution in [0.1, 0.15) is 23.0 Å². The van der Waals surface area contributed by atoms with Gasteiger partial charge in [-0.15, -0.1) is 0 Å². The third-order valence-corrected chi connectivity index (χ3v) is 2.67. The Morgan fingerprint density at radius 2 is 2.38 bits per heavy atom. The number of rotatable bonds is 3. The number of hydrogen-bond acceptors (Lipinski definition) is 2. The Labute approximate surface area is 90.4 Å². The van der Waals surface area contributed by atoms with Gasteiger partial charge >= 0.3 is 0 Å². The van der Waals surface area contributed by atoms with Crippen molar-refractivity contribution in [3.63, 3.8) is 0 Å². The van der Waals surface area contributed by atoms with Crippen LogP contribution in [-0.2, 0) is 6.42 Å². The van der Waals surface area contributed by atoms with Crippen LogP contribution in [0.4, 0.5) is 0 Å². The highest BCUT2D eigenvalue weighted by Crippen LogP contribution is 2.20. The molecule has 1 rings (SSSR count). The number of carbonyl (C=O) groups excluding carboxylic acids is 1. The fourth-order valence-corrected chi connectivity index (χ4v) is 1.63. The van der Waals surface area contributed by atoms with Crippen molar-refractivity contribution in [1.82, 2.24) is 4.98 Å². The van der Waals surface area contributed by atoms with E-state index in [0.29, 0.717) is 10.7 Å². The quantitative estimate of drug-likeness (QED) is 0.619. The molecule has 0 aliphatic rings. The molecule has 2 nitrogen and oxygen atoms in total. The van der Waals surface area contributed by atoms with Gasteiger partial charge < -0.3 is 0 Å². The molecule has 0 aromatic carbocycles. The molecule has 0 spiro atoms. The lowest BCUT2D eigenvalue weighted by Crippen LogP contribution is -2.05. The first-order valence-corrected chi connectivity index (χ1v) is 5.43. The molecule has 1 aromatic heterocycles. The predicted molar refractivity (Wildman–Crippen MR) is 56.7 cm³/mol. The van der Waals surface area contributed by atoms with Crippen molar-refractivity contribution < 1.29 is 4.79 Å². The van der Waals surface area contributed by atoms with E-state index in [4.69, 9.17) is 11.6 Å². The number of carbonyl (C=O) groups is 1. The van der Waals surface area contributed by atoms with Gasteiger partial charge in [0.2, 0.25) is 0 Å². The highest BCUT2D eigenvalue weighted by molar-refractivity contribution is 9.09. The van der Waals surface area contributed by atoms with Gasteiger partial charge in [0.25, 0.3) is 0 Å². The molecule has 0 bridgehead atoms. The Morgan fingerprint density at radius 3 is 2.92 bits per heavy atom. The first-order chi connectivity index (χ1) is 6.20. The average molecular weight is 263 g/mol. The summed E-state index contributed by atoms with van der Waals surface area (Å²) in [5, 5.41) is 0.738. The lowest BCUT2D eigenvalue weighted by molar-refractivity contribution is 0.101. The number of pyridine rings is 1. The van der Waals surface area contributed by atoms with Gasteiger partial charge in [-0.25, -0.2) is 0 Å². The van der Waals surface area contributed by atoms with E-state index in [1.165, 1.54) is 0 Å². The van der Waals surface area contributed by atoms with Crippen molar-refractivity contribution in [2.75, 3.05) is 5.33 Å². The molecule has 0 atom stereocenters. The molecule has 0 aliphatic carbocycles. The van der Waals surface area contributed by atoms with E-state index in [1.807, 2.05) is 13.0 Å². The maximum atomic E-state index is 11.3. The average Bonchev–Trinajstić information content (AvgIpc) is 2.17. The minimum atomic E-state index is -0.0831. The Kier molecular flexibility index (Phi) is 3.88. The maximum Gasteiger partial charge on any atom is 0.193 e. The third-order valence-electron chi connectivity index (χ3n) is 1.74. The van der Waals surface area contributed by atoms with Crippen LogP contribution in [0.5, 0.6) is 0 Å². The van der Waals surface area contributed by atoms with Crippen molar-refractivity contribution in [2.24, 2.45) is 0 Å². The number of halogens is 2. The molecule has 70 valence electrons. The number of hydrogen-bond donors (Lipinski definition) is 0. The van der Waals surface area contributed by atoms with E-state index in [9.17, 15) is 4.79 Å². The number of ketones is 1. The van der Waals surface area contributed by atoms with Crippen molar-refractivity contribution in [3.05, 3.63) is 28.5 Å². The van der Waals surface area contributed by atoms with Crippen LogP contribution in [0.25, 0.3) is 0 Å². The van der Waals surface area contributed by atoms with Crippen molar-refractivity contribution >= 4 is 33.3 Å². The second-order valence-corrected chi connectivity index (χ2v) is 3.48. The summed E-state index contributed by atoms with van der Waals surface area (Å²) in [5.41, 5.74) is 1.32. The molecule has 0 amide bonds. The van der Waals surface area contributed by atoms with Gasteiger partial charge in [-0.1, -0.05) is 34.5 Å². The SMILES string of the molecule is CCc1ccnc(C(=O)CBr)c1Cl. The van der Waals surface area contributed by atoms with Crippen LogP contribution in [0, 0.1) is 0 Å². The van der Waals surface area contributed by atoms with Crippen LogP contribution in [0.15, 0.2) is 12.3 Å². The van der Waals surface area contributed by atoms with E-state index in [1.54, 1.807) is 6.20 Å². The van der Waals surface area contributed by atoms with E-state index in [2.05, 4.69) is 20.9 Å². The molecule has 0 unspecified atom stereocenters. The zero-order chi connectivity index (χ0) is 9.84. The largest absolute Gasteiger partial charge is 0.291 e. The molecule has 1 heterocycles. The summed E-state index contributed by atoms with van der Waals surface area (Å²) >= 11 is 9.06. The molecular weight excluding hydrogens is 253 g/mol. The van der Waals surface area contributed by atoms with Crippen LogP contribution >= 0.6 is 27.5 Å². The second-order valence-electron chi connectivity index (χ2n) is 2.54. The normalized spacial score (nSPS) is 10.1. The van der Waals surface area contributed by atoms with Crippen LogP contribution in [0.2, 0.25) is 5.02 Å². The molecule has 13 heavy (non-hydrogen) atoms. The minimum absolute atomic E-state index is 0.0831. The first kappa shape index (κ1) is 10.7. The molecule has 0 saturated heterocycles. The second kappa shape index (κ2) is 4.72. The Hall–Kier alpha value is -0.410. The maximum absolute atomic E-state index is 11.3. The minimum Gasteiger partial charge on any atom is -0.291 e. The molecular formula is C9H9BrClNO. The number of alkyl halides is 1. The van der Waals surface area contributed by atoms with Gasteiger partial charge in [-0.2, -0.15) is 0 Å². The summed E-state index contributed by atoms with van der Waals surface area (Å²) in [4.78, 5) is 15.3. The molecule has 4 heteroatoms. The highest BCUT2D eigenvalue weighted by Gasteiger charge is 2.12. The van der Waals surface area contributed by atoms with Crippen LogP contribution in [0.3, 0.4) is 0 Å². The predicted octanol–water partition coefficient (Wildman–Crippen LogP) is 2.88. The summed E-state index contributed by atoms with van der Waals surface area (Å²) in [6.45, 7) is 1.99. The van der Waals surface area contributed by atoms with Gasteiger partial charge in [0.15, 0.2) is 5.78 Å². The monoisotopic (exact) mass is 261 g/mol. The van der Waals surface area contributed by atoms with Gasteiger partial charge in [0, 0.05) is 6.20 Å². The lowest BCUT2D eigenvalue weighted by atomic mass is 10.1. The Morgan fingerprint density at radius 1 is 1.69 bits per heavy atom. The Bertz CT molecular complexity index is 327. The van der Waals surface area contributed by atoms with Gasteiger partial charge in [-0.05, 0) is 18.1 Å². The van der Waals surface area contributed by atoms with Crippen LogP contribution in [-0.4, -0.2) is 16.1 Å². The molecule has 0 saturated carbocycles. The van der Waals surface area contributed by atoms with E-state index in [-0.39, 0.29) is 11.1 Å². The highest BCUT2D eigenvalue weighted by atomic mass is 79.9. The molecule has 0 N–H and O–H groups in total. The fourth-order valence-electron chi connectivity index (χ4n) is 1.01. The summed E-state index contributed by atoms with van der Waals surface area (Å²) in [5.74, 6) is -0.0831. The lowest BCUT2D eigenvalue weighted by Gasteiger charge is -2.03. The summed E-state index contributed by atoms with van der Waals surface area (Å²) in [6, 6.07) is 1.83. The Balaban J connectivity index is 3.15. The van der Waals surface area contributed by atoms with Gasteiger partial charge in [0.1, 0.15) is 5.69 Å². The van der Waals surface area contributed by atoms with Gasteiger partial charge in [-0.3, -0.25) is 9.78 Å². The fraction of sp³-hybridized carbons (Fsp3) is 0.333. The van der Waals surface area contributed by atoms with E-state index < -0.39 is 0 Å². The molecule has 0 fully saturated rings. The van der Waals surface area contributed by atoms with E-state index in [0.717, 1.165) is 12.0 Å². The van der Waals surface area contributed by atoms with E-state index >= 15 is 0 Å². The zero-order valence-corrected chi connectivity index (χ0v) is 9.52. The summed E-state index contributed by atoms with van der Waals surface area (Å²) in [7, 11) is 0. The standard InChI is InChI=1S/C9H9BrClNO/c1-2-6-3-4-12-9(8(6)11)7(13)5-10/h3-4H,2,5H2,1H3. The van der Waals surface area contributed by atoms with Crippen molar-refractivity contribution in [1.29, 1.82) is 0 Å². The van der Waals surface area contributed by atoms with Crippen molar-refractivity contribution in [2.45, 2.75) is 13.3 Å². The number of aromatic nitrogens is 1. The molecule has 0 aliphatic heterocycles. The molecule has 1 aromatic rings. The zero-order valence-electron chi connectivity index (χ0n) is 7.18. The first-order valence-electron chi connectivity index (χ1n) is 3.93. The number of nitrogens with zero attached hydrogens (tertiary/aromatic N) is 1. The van der Waals surface area contributed by atoms with Crippen molar-refractivity contribution in [3.8, 4) is 0 Å². The van der Waals surface area contributed by atoms with Crippen LogP contribution < -0.4 is 0 Å². The smallest absolute Gasteiger partial charge is 0.193 e. The third kappa shape index (κ3) is 2.29. The number of aryl methyl sites for hydroxylation is 1. The topological polar surface area (TPSA) is 30.0 Å².